The summed E-state index contributed by atoms with van der Waals surface area (Å²) in [5, 5.41) is 11.7. The Morgan fingerprint density at radius 3 is 2.60 bits per heavy atom. The number of carbonyl (C=O) groups excluding carboxylic acids is 1. The number of ketones is 1. The van der Waals surface area contributed by atoms with Gasteiger partial charge in [-0.15, -0.1) is 0 Å². The molecule has 0 saturated carbocycles. The van der Waals surface area contributed by atoms with E-state index in [4.69, 9.17) is 0 Å². The van der Waals surface area contributed by atoms with Crippen molar-refractivity contribution in [2.75, 3.05) is 0 Å². The molecule has 0 aliphatic carbocycles. The van der Waals surface area contributed by atoms with Crippen LogP contribution in [0.3, 0.4) is 0 Å². The molecule has 3 aromatic rings. The maximum Gasteiger partial charge on any atom is 0.270 e. The minimum Gasteiger partial charge on any atom is -0.352 e. The minimum atomic E-state index is -0.512. The number of aromatic amines is 1. The molecule has 0 aliphatic rings. The van der Waals surface area contributed by atoms with Crippen molar-refractivity contribution in [2.45, 2.75) is 0 Å². The second-order valence-electron chi connectivity index (χ2n) is 4.41. The lowest BCUT2D eigenvalue weighted by atomic mass is 10.1. The van der Waals surface area contributed by atoms with E-state index in [0.717, 1.165) is 10.9 Å². The van der Waals surface area contributed by atoms with Gasteiger partial charge in [0.05, 0.1) is 10.6 Å². The molecule has 5 nitrogen and oxygen atoms in total. The molecule has 5 heteroatoms. The maximum absolute atomic E-state index is 12.3. The fraction of sp³-hybridized carbons (Fsp3) is 0. The van der Waals surface area contributed by atoms with Gasteiger partial charge in [-0.3, -0.25) is 14.9 Å². The lowest BCUT2D eigenvalue weighted by Gasteiger charge is -1.98. The number of rotatable bonds is 3. The van der Waals surface area contributed by atoms with Crippen molar-refractivity contribution in [1.82, 2.24) is 4.98 Å². The van der Waals surface area contributed by atoms with Crippen LogP contribution in [0.5, 0.6) is 0 Å². The van der Waals surface area contributed by atoms with E-state index in [-0.39, 0.29) is 11.5 Å². The van der Waals surface area contributed by atoms with Gasteiger partial charge in [0, 0.05) is 28.6 Å². The molecule has 98 valence electrons. The molecular formula is C15H10N2O3. The second kappa shape index (κ2) is 4.62. The third-order valence-corrected chi connectivity index (χ3v) is 3.09. The van der Waals surface area contributed by atoms with Crippen LogP contribution in [0.15, 0.2) is 54.6 Å². The molecule has 0 amide bonds. The zero-order chi connectivity index (χ0) is 14.1. The summed E-state index contributed by atoms with van der Waals surface area (Å²) >= 11 is 0. The van der Waals surface area contributed by atoms with Gasteiger partial charge in [0.15, 0.2) is 0 Å². The molecule has 0 saturated heterocycles. The number of benzene rings is 2. The number of carbonyl (C=O) groups is 1. The van der Waals surface area contributed by atoms with Gasteiger partial charge in [-0.25, -0.2) is 0 Å². The molecule has 3 rings (SSSR count). The number of H-pyrrole nitrogens is 1. The van der Waals surface area contributed by atoms with Crippen LogP contribution in [-0.2, 0) is 0 Å². The zero-order valence-electron chi connectivity index (χ0n) is 10.4. The molecule has 0 unspecified atom stereocenters. The fourth-order valence-corrected chi connectivity index (χ4v) is 2.11. The number of para-hydroxylation sites is 1. The number of non-ortho nitro benzene ring substituents is 1. The van der Waals surface area contributed by atoms with Gasteiger partial charge in [0.1, 0.15) is 0 Å². The lowest BCUT2D eigenvalue weighted by Crippen LogP contribution is -2.02. The molecule has 0 fully saturated rings. The first kappa shape index (κ1) is 12.1. The Balaban J connectivity index is 2.03. The van der Waals surface area contributed by atoms with Crippen molar-refractivity contribution in [3.8, 4) is 0 Å². The van der Waals surface area contributed by atoms with Crippen molar-refractivity contribution in [3.05, 3.63) is 76.0 Å². The maximum atomic E-state index is 12.3. The molecular weight excluding hydrogens is 256 g/mol. The predicted octanol–water partition coefficient (Wildman–Crippen LogP) is 3.31. The SMILES string of the molecule is O=C(c1cccc([N+](=O)[O-])c1)c1cc2ccccc2[nH]1. The third kappa shape index (κ3) is 2.05. The summed E-state index contributed by atoms with van der Waals surface area (Å²) in [7, 11) is 0. The number of hydrogen-bond acceptors (Lipinski definition) is 3. The molecule has 0 atom stereocenters. The van der Waals surface area contributed by atoms with Crippen LogP contribution in [0.1, 0.15) is 16.1 Å². The van der Waals surface area contributed by atoms with Gasteiger partial charge < -0.3 is 4.98 Å². The van der Waals surface area contributed by atoms with Gasteiger partial charge in [-0.05, 0) is 12.1 Å². The van der Waals surface area contributed by atoms with Crippen LogP contribution < -0.4 is 0 Å². The van der Waals surface area contributed by atoms with Gasteiger partial charge >= 0.3 is 0 Å². The Morgan fingerprint density at radius 2 is 1.85 bits per heavy atom. The summed E-state index contributed by atoms with van der Waals surface area (Å²) < 4.78 is 0. The highest BCUT2D eigenvalue weighted by molar-refractivity contribution is 6.10. The first-order chi connectivity index (χ1) is 9.65. The minimum absolute atomic E-state index is 0.0908. The quantitative estimate of drug-likeness (QED) is 0.449. The number of aromatic nitrogens is 1. The van der Waals surface area contributed by atoms with E-state index in [1.54, 1.807) is 12.1 Å². The number of nitro groups is 1. The van der Waals surface area contributed by atoms with E-state index < -0.39 is 4.92 Å². The van der Waals surface area contributed by atoms with Gasteiger partial charge in [0.25, 0.3) is 5.69 Å². The lowest BCUT2D eigenvalue weighted by molar-refractivity contribution is -0.384. The van der Waals surface area contributed by atoms with Crippen molar-refractivity contribution in [1.29, 1.82) is 0 Å². The normalized spacial score (nSPS) is 10.6. The Kier molecular flexibility index (Phi) is 2.80. The van der Waals surface area contributed by atoms with Crippen molar-refractivity contribution in [3.63, 3.8) is 0 Å². The van der Waals surface area contributed by atoms with Crippen molar-refractivity contribution < 1.29 is 9.72 Å². The van der Waals surface area contributed by atoms with Gasteiger partial charge in [0.2, 0.25) is 5.78 Å². The van der Waals surface area contributed by atoms with E-state index in [0.29, 0.717) is 11.3 Å². The first-order valence-corrected chi connectivity index (χ1v) is 6.02. The largest absolute Gasteiger partial charge is 0.352 e. The molecule has 1 aromatic heterocycles. The highest BCUT2D eigenvalue weighted by Crippen LogP contribution is 2.19. The van der Waals surface area contributed by atoms with Crippen LogP contribution >= 0.6 is 0 Å². The van der Waals surface area contributed by atoms with Crippen LogP contribution in [-0.4, -0.2) is 15.7 Å². The van der Waals surface area contributed by atoms with Crippen molar-refractivity contribution in [2.24, 2.45) is 0 Å². The van der Waals surface area contributed by atoms with Crippen LogP contribution in [0.4, 0.5) is 5.69 Å². The summed E-state index contributed by atoms with van der Waals surface area (Å²) in [5.74, 6) is -0.259. The number of hydrogen-bond donors (Lipinski definition) is 1. The average Bonchev–Trinajstić information content (AvgIpc) is 2.90. The van der Waals surface area contributed by atoms with Gasteiger partial charge in [-0.2, -0.15) is 0 Å². The summed E-state index contributed by atoms with van der Waals surface area (Å²) in [6, 6.07) is 15.0. The molecule has 1 N–H and O–H groups in total. The van der Waals surface area contributed by atoms with Gasteiger partial charge in [-0.1, -0.05) is 30.3 Å². The number of nitrogens with one attached hydrogen (secondary N) is 1. The summed E-state index contributed by atoms with van der Waals surface area (Å²) in [4.78, 5) is 25.6. The van der Waals surface area contributed by atoms with Crippen molar-refractivity contribution >= 4 is 22.4 Å². The van der Waals surface area contributed by atoms with E-state index >= 15 is 0 Å². The highest BCUT2D eigenvalue weighted by Gasteiger charge is 2.15. The van der Waals surface area contributed by atoms with Crippen LogP contribution in [0, 0.1) is 10.1 Å². The number of nitrogens with zero attached hydrogens (tertiary/aromatic N) is 1. The Bertz CT molecular complexity index is 788. The Hall–Kier alpha value is -2.95. The molecule has 1 heterocycles. The molecule has 20 heavy (non-hydrogen) atoms. The zero-order valence-corrected chi connectivity index (χ0v) is 10.4. The molecule has 0 spiro atoms. The molecule has 2 aromatic carbocycles. The summed E-state index contributed by atoms with van der Waals surface area (Å²) in [5.41, 5.74) is 1.49. The fourth-order valence-electron chi connectivity index (χ4n) is 2.11. The number of fused-ring (bicyclic) bond motifs is 1. The van der Waals surface area contributed by atoms with Crippen LogP contribution in [0.25, 0.3) is 10.9 Å². The average molecular weight is 266 g/mol. The molecule has 0 bridgehead atoms. The first-order valence-electron chi connectivity index (χ1n) is 6.02. The topological polar surface area (TPSA) is 76.0 Å². The second-order valence-corrected chi connectivity index (χ2v) is 4.41. The predicted molar refractivity (Wildman–Crippen MR) is 74.8 cm³/mol. The monoisotopic (exact) mass is 266 g/mol. The Morgan fingerprint density at radius 1 is 1.05 bits per heavy atom. The van der Waals surface area contributed by atoms with Crippen LogP contribution in [0.2, 0.25) is 0 Å². The number of nitro benzene ring substituents is 1. The Labute approximate surface area is 114 Å². The van der Waals surface area contributed by atoms with E-state index in [9.17, 15) is 14.9 Å². The highest BCUT2D eigenvalue weighted by atomic mass is 16.6. The van der Waals surface area contributed by atoms with E-state index in [1.165, 1.54) is 18.2 Å². The smallest absolute Gasteiger partial charge is 0.270 e. The summed E-state index contributed by atoms with van der Waals surface area (Å²) in [6.45, 7) is 0. The standard InChI is InChI=1S/C15H10N2O3/c18-15(11-5-3-6-12(8-11)17(19)20)14-9-10-4-1-2-7-13(10)16-14/h1-9,16H. The van der Waals surface area contributed by atoms with E-state index in [1.807, 2.05) is 24.3 Å². The third-order valence-electron chi connectivity index (χ3n) is 3.09. The van der Waals surface area contributed by atoms with E-state index in [2.05, 4.69) is 4.98 Å². The molecule has 0 aliphatic heterocycles. The summed E-state index contributed by atoms with van der Waals surface area (Å²) in [6.07, 6.45) is 0. The molecule has 0 radical (unpaired) electrons.